The molecule has 1 aromatic heterocycles. The van der Waals surface area contributed by atoms with Crippen molar-refractivity contribution < 1.29 is 18.8 Å². The number of aromatic nitrogens is 1. The molecule has 2 aromatic rings. The highest BCUT2D eigenvalue weighted by Gasteiger charge is 2.14. The fourth-order valence-corrected chi connectivity index (χ4v) is 1.58. The first-order valence-corrected chi connectivity index (χ1v) is 5.39. The largest absolute Gasteiger partial charge is 0.493 e. The lowest BCUT2D eigenvalue weighted by molar-refractivity contribution is 0.0944. The van der Waals surface area contributed by atoms with Crippen LogP contribution >= 0.6 is 0 Å². The predicted molar refractivity (Wildman–Crippen MR) is 66.7 cm³/mol. The van der Waals surface area contributed by atoms with Crippen LogP contribution in [-0.4, -0.2) is 25.3 Å². The second kappa shape index (κ2) is 5.40. The maximum atomic E-state index is 11.3. The van der Waals surface area contributed by atoms with E-state index in [4.69, 9.17) is 19.8 Å². The quantitative estimate of drug-likeness (QED) is 0.484. The number of nitrogens with two attached hydrogens (primary N) is 1. The number of ether oxygens (including phenoxy) is 2. The standard InChI is InChI=1S/C12H13N3O4/c1-17-9-4-3-7(5-11(9)18-2)10-6-8(15-19-10)12(16)14-13/h3-6H,13H2,1-2H3,(H,14,16). The summed E-state index contributed by atoms with van der Waals surface area (Å²) in [5.74, 6) is 6.09. The second-order valence-electron chi connectivity index (χ2n) is 3.62. The van der Waals surface area contributed by atoms with Crippen molar-refractivity contribution in [1.29, 1.82) is 0 Å². The van der Waals surface area contributed by atoms with Crippen molar-refractivity contribution in [3.8, 4) is 22.8 Å². The van der Waals surface area contributed by atoms with E-state index in [9.17, 15) is 4.79 Å². The second-order valence-corrected chi connectivity index (χ2v) is 3.62. The Bertz CT molecular complexity index is 594. The lowest BCUT2D eigenvalue weighted by Crippen LogP contribution is -2.30. The van der Waals surface area contributed by atoms with Gasteiger partial charge in [0, 0.05) is 11.6 Å². The number of carbonyl (C=O) groups is 1. The first kappa shape index (κ1) is 12.9. The zero-order chi connectivity index (χ0) is 13.8. The summed E-state index contributed by atoms with van der Waals surface area (Å²) in [6, 6.07) is 6.72. The van der Waals surface area contributed by atoms with Gasteiger partial charge < -0.3 is 14.0 Å². The van der Waals surface area contributed by atoms with Crippen LogP contribution in [0.4, 0.5) is 0 Å². The van der Waals surface area contributed by atoms with Crippen molar-refractivity contribution >= 4 is 5.91 Å². The van der Waals surface area contributed by atoms with Crippen molar-refractivity contribution in [3.63, 3.8) is 0 Å². The number of benzene rings is 1. The van der Waals surface area contributed by atoms with Crippen molar-refractivity contribution in [2.24, 2.45) is 5.84 Å². The molecule has 0 fully saturated rings. The van der Waals surface area contributed by atoms with Crippen molar-refractivity contribution in [1.82, 2.24) is 10.6 Å². The molecule has 0 aliphatic heterocycles. The molecule has 0 radical (unpaired) electrons. The molecule has 0 spiro atoms. The molecule has 100 valence electrons. The highest BCUT2D eigenvalue weighted by atomic mass is 16.5. The topological polar surface area (TPSA) is 99.6 Å². The maximum absolute atomic E-state index is 11.3. The molecule has 0 unspecified atom stereocenters. The minimum Gasteiger partial charge on any atom is -0.493 e. The van der Waals surface area contributed by atoms with Crippen molar-refractivity contribution in [2.45, 2.75) is 0 Å². The van der Waals surface area contributed by atoms with E-state index < -0.39 is 5.91 Å². The number of hydrazine groups is 1. The highest BCUT2D eigenvalue weighted by Crippen LogP contribution is 2.32. The van der Waals surface area contributed by atoms with Crippen LogP contribution in [0.5, 0.6) is 11.5 Å². The van der Waals surface area contributed by atoms with E-state index in [1.54, 1.807) is 25.3 Å². The molecule has 0 atom stereocenters. The average molecular weight is 263 g/mol. The van der Waals surface area contributed by atoms with E-state index in [-0.39, 0.29) is 5.69 Å². The molecule has 0 aliphatic carbocycles. The van der Waals surface area contributed by atoms with E-state index in [2.05, 4.69) is 5.16 Å². The first-order valence-electron chi connectivity index (χ1n) is 5.39. The Hall–Kier alpha value is -2.54. The predicted octanol–water partition coefficient (Wildman–Crippen LogP) is 0.962. The molecule has 0 saturated carbocycles. The third-order valence-corrected chi connectivity index (χ3v) is 2.54. The van der Waals surface area contributed by atoms with Crippen LogP contribution in [-0.2, 0) is 0 Å². The molecule has 7 heteroatoms. The fourth-order valence-electron chi connectivity index (χ4n) is 1.58. The molecule has 19 heavy (non-hydrogen) atoms. The summed E-state index contributed by atoms with van der Waals surface area (Å²) in [6.45, 7) is 0. The van der Waals surface area contributed by atoms with Gasteiger partial charge in [0.05, 0.1) is 14.2 Å². The van der Waals surface area contributed by atoms with Gasteiger partial charge in [-0.25, -0.2) is 5.84 Å². The minimum atomic E-state index is -0.518. The SMILES string of the molecule is COc1ccc(-c2cc(C(=O)NN)no2)cc1OC. The van der Waals surface area contributed by atoms with Gasteiger partial charge in [-0.15, -0.1) is 0 Å². The van der Waals surface area contributed by atoms with Crippen LogP contribution in [0.1, 0.15) is 10.5 Å². The number of amides is 1. The Morgan fingerprint density at radius 3 is 2.63 bits per heavy atom. The number of nitrogen functional groups attached to an aromatic ring is 1. The molecular formula is C12H13N3O4. The zero-order valence-corrected chi connectivity index (χ0v) is 10.5. The Balaban J connectivity index is 2.36. The highest BCUT2D eigenvalue weighted by molar-refractivity contribution is 5.92. The molecule has 7 nitrogen and oxygen atoms in total. The Morgan fingerprint density at radius 2 is 2.00 bits per heavy atom. The van der Waals surface area contributed by atoms with Crippen LogP contribution in [0.2, 0.25) is 0 Å². The summed E-state index contributed by atoms with van der Waals surface area (Å²) in [6.07, 6.45) is 0. The van der Waals surface area contributed by atoms with Crippen molar-refractivity contribution in [2.75, 3.05) is 14.2 Å². The Labute approximate surface area is 109 Å². The number of rotatable bonds is 4. The van der Waals surface area contributed by atoms with Crippen LogP contribution < -0.4 is 20.7 Å². The van der Waals surface area contributed by atoms with Gasteiger partial charge in [-0.2, -0.15) is 0 Å². The van der Waals surface area contributed by atoms with Gasteiger partial charge in [0.2, 0.25) is 0 Å². The summed E-state index contributed by atoms with van der Waals surface area (Å²) < 4.78 is 15.4. The van der Waals surface area contributed by atoms with Gasteiger partial charge in [0.25, 0.3) is 5.91 Å². The number of methoxy groups -OCH3 is 2. The zero-order valence-electron chi connectivity index (χ0n) is 10.5. The molecule has 0 saturated heterocycles. The molecule has 1 aromatic carbocycles. The van der Waals surface area contributed by atoms with Crippen LogP contribution in [0.15, 0.2) is 28.8 Å². The minimum absolute atomic E-state index is 0.104. The lowest BCUT2D eigenvalue weighted by Gasteiger charge is -2.07. The molecule has 1 amide bonds. The summed E-state index contributed by atoms with van der Waals surface area (Å²) in [7, 11) is 3.09. The third-order valence-electron chi connectivity index (χ3n) is 2.54. The van der Waals surface area contributed by atoms with E-state index in [0.717, 1.165) is 0 Å². The smallest absolute Gasteiger partial charge is 0.287 e. The molecule has 1 heterocycles. The molecule has 0 bridgehead atoms. The summed E-state index contributed by atoms with van der Waals surface area (Å²) in [4.78, 5) is 11.3. The average Bonchev–Trinajstić information content (AvgIpc) is 2.95. The van der Waals surface area contributed by atoms with Crippen LogP contribution in [0.25, 0.3) is 11.3 Å². The summed E-state index contributed by atoms with van der Waals surface area (Å²) in [5, 5.41) is 3.62. The molecular weight excluding hydrogens is 250 g/mol. The normalized spacial score (nSPS) is 10.1. The monoisotopic (exact) mass is 263 g/mol. The number of hydrogen-bond donors (Lipinski definition) is 2. The third kappa shape index (κ3) is 2.50. The Kier molecular flexibility index (Phi) is 3.67. The van der Waals surface area contributed by atoms with Gasteiger partial charge in [-0.3, -0.25) is 10.2 Å². The fraction of sp³-hybridized carbons (Fsp3) is 0.167. The van der Waals surface area contributed by atoms with E-state index >= 15 is 0 Å². The molecule has 0 aliphatic rings. The molecule has 2 rings (SSSR count). The van der Waals surface area contributed by atoms with Gasteiger partial charge in [-0.1, -0.05) is 5.16 Å². The Morgan fingerprint density at radius 1 is 1.26 bits per heavy atom. The van der Waals surface area contributed by atoms with Gasteiger partial charge in [-0.05, 0) is 18.2 Å². The maximum Gasteiger partial charge on any atom is 0.287 e. The van der Waals surface area contributed by atoms with Crippen molar-refractivity contribution in [3.05, 3.63) is 30.0 Å². The number of carbonyl (C=O) groups excluding carboxylic acids is 1. The first-order chi connectivity index (χ1) is 9.19. The lowest BCUT2D eigenvalue weighted by atomic mass is 10.1. The summed E-state index contributed by atoms with van der Waals surface area (Å²) >= 11 is 0. The van der Waals surface area contributed by atoms with E-state index in [1.165, 1.54) is 13.2 Å². The number of nitrogens with zero attached hydrogens (tertiary/aromatic N) is 1. The number of nitrogens with one attached hydrogen (secondary N) is 1. The molecule has 3 N–H and O–H groups in total. The van der Waals surface area contributed by atoms with Crippen LogP contribution in [0, 0.1) is 0 Å². The summed E-state index contributed by atoms with van der Waals surface area (Å²) in [5.41, 5.74) is 2.79. The van der Waals surface area contributed by atoms with E-state index in [0.29, 0.717) is 22.8 Å². The number of hydrogen-bond acceptors (Lipinski definition) is 6. The van der Waals surface area contributed by atoms with Gasteiger partial charge >= 0.3 is 0 Å². The van der Waals surface area contributed by atoms with Gasteiger partial charge in [0.1, 0.15) is 0 Å². The van der Waals surface area contributed by atoms with Crippen LogP contribution in [0.3, 0.4) is 0 Å². The van der Waals surface area contributed by atoms with E-state index in [1.807, 2.05) is 5.43 Å². The van der Waals surface area contributed by atoms with Gasteiger partial charge in [0.15, 0.2) is 23.0 Å².